The maximum Gasteiger partial charge on any atom is 0.230 e. The molecular weight excluding hydrogens is 291 g/mol. The van der Waals surface area contributed by atoms with E-state index in [1.54, 1.807) is 12.1 Å². The highest BCUT2D eigenvalue weighted by Gasteiger charge is 2.51. The molecule has 1 aliphatic rings. The van der Waals surface area contributed by atoms with E-state index in [4.69, 9.17) is 5.73 Å². The topological polar surface area (TPSA) is 55.1 Å². The fourth-order valence-corrected chi connectivity index (χ4v) is 2.83. The van der Waals surface area contributed by atoms with Gasteiger partial charge in [-0.2, -0.15) is 0 Å². The van der Waals surface area contributed by atoms with Crippen molar-refractivity contribution < 1.29 is 9.18 Å². The van der Waals surface area contributed by atoms with Crippen LogP contribution in [0.1, 0.15) is 42.5 Å². The maximum absolute atomic E-state index is 13.0. The second-order valence-electron chi connectivity index (χ2n) is 6.30. The van der Waals surface area contributed by atoms with Gasteiger partial charge >= 0.3 is 0 Å². The predicted molar refractivity (Wildman–Crippen MR) is 88.2 cm³/mol. The lowest BCUT2D eigenvalue weighted by molar-refractivity contribution is -0.123. The SMILES string of the molecule is CC(N)c1ccc(CNC(=O)C2(c3ccc(F)cc3)CC2)cc1. The minimum Gasteiger partial charge on any atom is -0.351 e. The smallest absolute Gasteiger partial charge is 0.230 e. The number of rotatable bonds is 5. The lowest BCUT2D eigenvalue weighted by Crippen LogP contribution is -2.34. The molecule has 3 nitrogen and oxygen atoms in total. The average Bonchev–Trinajstić information content (AvgIpc) is 3.35. The second kappa shape index (κ2) is 6.13. The van der Waals surface area contributed by atoms with Crippen molar-refractivity contribution in [2.24, 2.45) is 5.73 Å². The highest BCUT2D eigenvalue weighted by molar-refractivity contribution is 5.91. The molecule has 1 saturated carbocycles. The Hall–Kier alpha value is -2.20. The van der Waals surface area contributed by atoms with Crippen molar-refractivity contribution >= 4 is 5.91 Å². The van der Waals surface area contributed by atoms with Crippen LogP contribution in [0.25, 0.3) is 0 Å². The molecular formula is C19H21FN2O. The van der Waals surface area contributed by atoms with Crippen molar-refractivity contribution in [2.75, 3.05) is 0 Å². The fraction of sp³-hybridized carbons (Fsp3) is 0.316. The molecule has 0 spiro atoms. The number of carbonyl (C=O) groups excluding carboxylic acids is 1. The number of benzene rings is 2. The van der Waals surface area contributed by atoms with Gasteiger partial charge in [-0.3, -0.25) is 4.79 Å². The molecule has 1 atom stereocenters. The van der Waals surface area contributed by atoms with Crippen LogP contribution >= 0.6 is 0 Å². The van der Waals surface area contributed by atoms with Crippen molar-refractivity contribution in [2.45, 2.75) is 37.8 Å². The van der Waals surface area contributed by atoms with Gasteiger partial charge in [0.2, 0.25) is 5.91 Å². The first-order chi connectivity index (χ1) is 11.0. The molecule has 1 amide bonds. The first-order valence-electron chi connectivity index (χ1n) is 7.90. The molecule has 2 aromatic carbocycles. The van der Waals surface area contributed by atoms with Crippen molar-refractivity contribution in [3.8, 4) is 0 Å². The van der Waals surface area contributed by atoms with E-state index in [2.05, 4.69) is 5.32 Å². The van der Waals surface area contributed by atoms with Gasteiger partial charge in [-0.1, -0.05) is 36.4 Å². The molecule has 0 aliphatic heterocycles. The summed E-state index contributed by atoms with van der Waals surface area (Å²) in [6.45, 7) is 2.43. The second-order valence-corrected chi connectivity index (χ2v) is 6.30. The van der Waals surface area contributed by atoms with E-state index in [-0.39, 0.29) is 17.8 Å². The summed E-state index contributed by atoms with van der Waals surface area (Å²) in [4.78, 5) is 12.5. The van der Waals surface area contributed by atoms with Gasteiger partial charge in [0.25, 0.3) is 0 Å². The molecule has 23 heavy (non-hydrogen) atoms. The number of amides is 1. The Morgan fingerprint density at radius 3 is 2.30 bits per heavy atom. The number of hydrogen-bond donors (Lipinski definition) is 2. The molecule has 3 N–H and O–H groups in total. The summed E-state index contributed by atoms with van der Waals surface area (Å²) in [6.07, 6.45) is 1.63. The summed E-state index contributed by atoms with van der Waals surface area (Å²) in [5.41, 5.74) is 8.36. The Labute approximate surface area is 135 Å². The summed E-state index contributed by atoms with van der Waals surface area (Å²) in [7, 11) is 0. The van der Waals surface area contributed by atoms with Crippen LogP contribution in [0.4, 0.5) is 4.39 Å². The minimum atomic E-state index is -0.473. The summed E-state index contributed by atoms with van der Waals surface area (Å²) in [5.74, 6) is -0.264. The molecule has 0 radical (unpaired) electrons. The number of carbonyl (C=O) groups is 1. The Kier molecular flexibility index (Phi) is 4.18. The number of hydrogen-bond acceptors (Lipinski definition) is 2. The highest BCUT2D eigenvalue weighted by atomic mass is 19.1. The van der Waals surface area contributed by atoms with Gasteiger partial charge in [0, 0.05) is 12.6 Å². The molecule has 1 fully saturated rings. The summed E-state index contributed by atoms with van der Waals surface area (Å²) >= 11 is 0. The summed E-state index contributed by atoms with van der Waals surface area (Å²) in [6, 6.07) is 14.2. The third-order valence-electron chi connectivity index (χ3n) is 4.54. The van der Waals surface area contributed by atoms with E-state index in [1.165, 1.54) is 12.1 Å². The number of halogens is 1. The van der Waals surface area contributed by atoms with Crippen LogP contribution in [0.15, 0.2) is 48.5 Å². The molecule has 2 aromatic rings. The first kappa shape index (κ1) is 15.7. The van der Waals surface area contributed by atoms with Gasteiger partial charge in [0.1, 0.15) is 5.82 Å². The van der Waals surface area contributed by atoms with Crippen molar-refractivity contribution in [1.82, 2.24) is 5.32 Å². The minimum absolute atomic E-state index is 0.00634. The van der Waals surface area contributed by atoms with Gasteiger partial charge in [-0.25, -0.2) is 4.39 Å². The Bertz CT molecular complexity index is 688. The zero-order chi connectivity index (χ0) is 16.4. The Balaban J connectivity index is 1.64. The van der Waals surface area contributed by atoms with E-state index in [0.29, 0.717) is 6.54 Å². The van der Waals surface area contributed by atoms with E-state index >= 15 is 0 Å². The van der Waals surface area contributed by atoms with Crippen LogP contribution in [0, 0.1) is 5.82 Å². The molecule has 4 heteroatoms. The van der Waals surface area contributed by atoms with E-state index in [9.17, 15) is 9.18 Å². The van der Waals surface area contributed by atoms with Gasteiger partial charge in [0.15, 0.2) is 0 Å². The van der Waals surface area contributed by atoms with Crippen LogP contribution < -0.4 is 11.1 Å². The third-order valence-corrected chi connectivity index (χ3v) is 4.54. The van der Waals surface area contributed by atoms with Crippen LogP contribution in [-0.2, 0) is 16.8 Å². The van der Waals surface area contributed by atoms with Gasteiger partial charge in [0.05, 0.1) is 5.41 Å². The predicted octanol–water partition coefficient (Wildman–Crippen LogP) is 3.19. The third kappa shape index (κ3) is 3.27. The van der Waals surface area contributed by atoms with E-state index < -0.39 is 5.41 Å². The average molecular weight is 312 g/mol. The number of nitrogens with two attached hydrogens (primary N) is 1. The quantitative estimate of drug-likeness (QED) is 0.891. The summed E-state index contributed by atoms with van der Waals surface area (Å²) in [5, 5.41) is 3.00. The first-order valence-corrected chi connectivity index (χ1v) is 7.90. The van der Waals surface area contributed by atoms with Crippen molar-refractivity contribution in [3.05, 3.63) is 71.0 Å². The zero-order valence-corrected chi connectivity index (χ0v) is 13.2. The standard InChI is InChI=1S/C19H21FN2O/c1-13(21)15-4-2-14(3-5-15)12-22-18(23)19(10-11-19)16-6-8-17(20)9-7-16/h2-9,13H,10-12,21H2,1H3,(H,22,23). The van der Waals surface area contributed by atoms with Crippen LogP contribution in [-0.4, -0.2) is 5.91 Å². The number of nitrogens with one attached hydrogen (secondary N) is 1. The molecule has 0 saturated heterocycles. The summed E-state index contributed by atoms with van der Waals surface area (Å²) < 4.78 is 13.0. The van der Waals surface area contributed by atoms with Gasteiger partial charge < -0.3 is 11.1 Å². The molecule has 0 heterocycles. The highest BCUT2D eigenvalue weighted by Crippen LogP contribution is 2.48. The maximum atomic E-state index is 13.0. The lowest BCUT2D eigenvalue weighted by atomic mass is 9.95. The zero-order valence-electron chi connectivity index (χ0n) is 13.2. The molecule has 3 rings (SSSR count). The largest absolute Gasteiger partial charge is 0.351 e. The van der Waals surface area contributed by atoms with Crippen LogP contribution in [0.2, 0.25) is 0 Å². The normalized spacial score (nSPS) is 16.7. The van der Waals surface area contributed by atoms with Crippen molar-refractivity contribution in [3.63, 3.8) is 0 Å². The molecule has 0 bridgehead atoms. The van der Waals surface area contributed by atoms with E-state index in [1.807, 2.05) is 31.2 Å². The monoisotopic (exact) mass is 312 g/mol. The lowest BCUT2D eigenvalue weighted by Gasteiger charge is -2.16. The molecule has 1 unspecified atom stereocenters. The van der Waals surface area contributed by atoms with Gasteiger partial charge in [-0.15, -0.1) is 0 Å². The van der Waals surface area contributed by atoms with Crippen molar-refractivity contribution in [1.29, 1.82) is 0 Å². The van der Waals surface area contributed by atoms with Crippen LogP contribution in [0.3, 0.4) is 0 Å². The Morgan fingerprint density at radius 1 is 1.17 bits per heavy atom. The molecule has 120 valence electrons. The fourth-order valence-electron chi connectivity index (χ4n) is 2.83. The van der Waals surface area contributed by atoms with Gasteiger partial charge in [-0.05, 0) is 48.6 Å². The Morgan fingerprint density at radius 2 is 1.78 bits per heavy atom. The molecule has 1 aliphatic carbocycles. The van der Waals surface area contributed by atoms with E-state index in [0.717, 1.165) is 29.5 Å². The van der Waals surface area contributed by atoms with Crippen LogP contribution in [0.5, 0.6) is 0 Å². The molecule has 0 aromatic heterocycles.